The maximum Gasteiger partial charge on any atom is 0.244 e. The molecule has 0 spiro atoms. The Kier molecular flexibility index (Phi) is 7.52. The Bertz CT molecular complexity index is 1480. The van der Waals surface area contributed by atoms with Gasteiger partial charge >= 0.3 is 0 Å². The quantitative estimate of drug-likeness (QED) is 0.267. The molecular formula is C26H24Cl2N8O2. The number of aromatic nitrogens is 6. The molecule has 5 rings (SSSR count). The van der Waals surface area contributed by atoms with Crippen LogP contribution in [0.25, 0.3) is 23.0 Å². The first-order valence-electron chi connectivity index (χ1n) is 12.0. The molecule has 12 heteroatoms. The Morgan fingerprint density at radius 2 is 1.97 bits per heavy atom. The first kappa shape index (κ1) is 25.6. The molecule has 2 heterocycles. The Hall–Kier alpha value is -4.02. The maximum atomic E-state index is 13.0. The van der Waals surface area contributed by atoms with Crippen LogP contribution in [-0.4, -0.2) is 48.0 Å². The molecule has 3 N–H and O–H groups in total. The summed E-state index contributed by atoms with van der Waals surface area (Å²) in [6.07, 6.45) is 6.32. The molecule has 2 aromatic carbocycles. The number of nitrogens with zero attached hydrogens (tertiary/aromatic N) is 5. The number of aromatic amines is 1. The van der Waals surface area contributed by atoms with Gasteiger partial charge in [0.15, 0.2) is 0 Å². The summed E-state index contributed by atoms with van der Waals surface area (Å²) >= 11 is 12.7. The molecule has 10 nitrogen and oxygen atoms in total. The number of carbonyl (C=O) groups excluding carboxylic acids is 2. The molecule has 2 aromatic heterocycles. The van der Waals surface area contributed by atoms with Gasteiger partial charge in [0.05, 0.1) is 18.2 Å². The van der Waals surface area contributed by atoms with E-state index in [0.29, 0.717) is 32.9 Å². The lowest BCUT2D eigenvalue weighted by Gasteiger charge is -2.15. The van der Waals surface area contributed by atoms with E-state index in [4.69, 9.17) is 23.2 Å². The number of imidazole rings is 1. The predicted molar refractivity (Wildman–Crippen MR) is 144 cm³/mol. The normalized spacial score (nSPS) is 14.0. The summed E-state index contributed by atoms with van der Waals surface area (Å²) in [6, 6.07) is 12.4. The van der Waals surface area contributed by atoms with E-state index in [1.807, 2.05) is 31.2 Å². The number of tetrazole rings is 1. The van der Waals surface area contributed by atoms with Gasteiger partial charge in [-0.05, 0) is 54.5 Å². The minimum absolute atomic E-state index is 0.000299. The van der Waals surface area contributed by atoms with Crippen LogP contribution in [0.15, 0.2) is 54.9 Å². The van der Waals surface area contributed by atoms with E-state index in [2.05, 4.69) is 36.1 Å². The summed E-state index contributed by atoms with van der Waals surface area (Å²) in [5, 5.41) is 17.9. The lowest BCUT2D eigenvalue weighted by Crippen LogP contribution is -2.34. The number of hydrogen-bond acceptors (Lipinski definition) is 6. The number of halogens is 2. The van der Waals surface area contributed by atoms with Crippen LogP contribution in [-0.2, 0) is 9.59 Å². The highest BCUT2D eigenvalue weighted by molar-refractivity contribution is 6.32. The largest absolute Gasteiger partial charge is 0.353 e. The molecule has 2 amide bonds. The summed E-state index contributed by atoms with van der Waals surface area (Å²) in [5.74, 6) is -0.223. The highest BCUT2D eigenvalue weighted by Gasteiger charge is 2.27. The van der Waals surface area contributed by atoms with Crippen LogP contribution in [0.4, 0.5) is 0 Å². The third-order valence-corrected chi connectivity index (χ3v) is 6.49. The van der Waals surface area contributed by atoms with Crippen molar-refractivity contribution in [3.8, 4) is 16.9 Å². The molecular weight excluding hydrogens is 527 g/mol. The van der Waals surface area contributed by atoms with Gasteiger partial charge in [0.2, 0.25) is 11.8 Å². The van der Waals surface area contributed by atoms with Gasteiger partial charge in [0.25, 0.3) is 0 Å². The zero-order chi connectivity index (χ0) is 26.6. The Labute approximate surface area is 228 Å². The Morgan fingerprint density at radius 1 is 1.18 bits per heavy atom. The molecule has 1 aliphatic carbocycles. The molecule has 1 aliphatic rings. The zero-order valence-corrected chi connectivity index (χ0v) is 21.9. The number of rotatable bonds is 9. The summed E-state index contributed by atoms with van der Waals surface area (Å²) in [5.41, 5.74) is 3.75. The van der Waals surface area contributed by atoms with Crippen molar-refractivity contribution in [3.05, 3.63) is 82.0 Å². The molecule has 0 saturated heterocycles. The van der Waals surface area contributed by atoms with Crippen molar-refractivity contribution in [2.75, 3.05) is 0 Å². The molecule has 4 aromatic rings. The lowest BCUT2D eigenvalue weighted by atomic mass is 10.1. The van der Waals surface area contributed by atoms with Gasteiger partial charge in [0, 0.05) is 28.3 Å². The van der Waals surface area contributed by atoms with Crippen LogP contribution in [0, 0.1) is 6.92 Å². The molecule has 1 saturated carbocycles. The fraction of sp³-hybridized carbons (Fsp3) is 0.231. The second-order valence-electron chi connectivity index (χ2n) is 9.05. The van der Waals surface area contributed by atoms with E-state index >= 15 is 0 Å². The van der Waals surface area contributed by atoms with Crippen molar-refractivity contribution < 1.29 is 9.59 Å². The van der Waals surface area contributed by atoms with Crippen molar-refractivity contribution in [1.29, 1.82) is 0 Å². The summed E-state index contributed by atoms with van der Waals surface area (Å²) < 4.78 is 1.47. The Morgan fingerprint density at radius 3 is 2.68 bits per heavy atom. The van der Waals surface area contributed by atoms with Gasteiger partial charge in [0.1, 0.15) is 23.0 Å². The fourth-order valence-electron chi connectivity index (χ4n) is 3.88. The number of aryl methyl sites for hydroxylation is 1. The fourth-order valence-corrected chi connectivity index (χ4v) is 4.31. The smallest absolute Gasteiger partial charge is 0.244 e. The van der Waals surface area contributed by atoms with Gasteiger partial charge in [-0.15, -0.1) is 5.10 Å². The van der Waals surface area contributed by atoms with Crippen LogP contribution in [0.1, 0.15) is 42.3 Å². The number of benzene rings is 2. The summed E-state index contributed by atoms with van der Waals surface area (Å²) in [7, 11) is 0. The summed E-state index contributed by atoms with van der Waals surface area (Å²) in [4.78, 5) is 33.4. The molecule has 1 atom stereocenters. The standard InChI is InChI=1S/C26H24Cl2N8O2/c1-15-2-4-16(5-3-15)24-25(28)33-26(32-24)20(13-23(38)30-19-8-9-19)31-22(37)11-6-17-12-18(27)7-10-21(17)36-14-29-34-35-36/h2-7,10-12,14,19-20H,8-9,13H2,1H3,(H,30,38)(H,31,37)(H,32,33)/b11-6+/t20-/m0/s1. The second kappa shape index (κ2) is 11.2. The van der Waals surface area contributed by atoms with E-state index in [9.17, 15) is 9.59 Å². The average molecular weight is 551 g/mol. The first-order valence-corrected chi connectivity index (χ1v) is 12.7. The average Bonchev–Trinajstić information content (AvgIpc) is 3.36. The molecule has 38 heavy (non-hydrogen) atoms. The minimum atomic E-state index is -0.735. The Balaban J connectivity index is 1.38. The van der Waals surface area contributed by atoms with E-state index in [1.54, 1.807) is 24.3 Å². The second-order valence-corrected chi connectivity index (χ2v) is 9.86. The highest BCUT2D eigenvalue weighted by atomic mass is 35.5. The van der Waals surface area contributed by atoms with Crippen molar-refractivity contribution in [2.45, 2.75) is 38.3 Å². The van der Waals surface area contributed by atoms with Crippen molar-refractivity contribution >= 4 is 41.1 Å². The van der Waals surface area contributed by atoms with E-state index < -0.39 is 11.9 Å². The predicted octanol–water partition coefficient (Wildman–Crippen LogP) is 4.21. The third kappa shape index (κ3) is 6.27. The maximum absolute atomic E-state index is 13.0. The third-order valence-electron chi connectivity index (χ3n) is 5.98. The molecule has 0 aliphatic heterocycles. The van der Waals surface area contributed by atoms with Crippen LogP contribution in [0.3, 0.4) is 0 Å². The molecule has 0 unspecified atom stereocenters. The van der Waals surface area contributed by atoms with Crippen LogP contribution >= 0.6 is 23.2 Å². The minimum Gasteiger partial charge on any atom is -0.353 e. The number of amides is 2. The lowest BCUT2D eigenvalue weighted by molar-refractivity contribution is -0.122. The van der Waals surface area contributed by atoms with Crippen LogP contribution < -0.4 is 10.6 Å². The van der Waals surface area contributed by atoms with Crippen molar-refractivity contribution in [1.82, 2.24) is 40.8 Å². The molecule has 0 radical (unpaired) electrons. The van der Waals surface area contributed by atoms with Crippen molar-refractivity contribution in [2.24, 2.45) is 0 Å². The van der Waals surface area contributed by atoms with E-state index in [-0.39, 0.29) is 18.4 Å². The van der Waals surface area contributed by atoms with Crippen LogP contribution in [0.2, 0.25) is 10.2 Å². The van der Waals surface area contributed by atoms with Gasteiger partial charge in [-0.1, -0.05) is 53.0 Å². The SMILES string of the molecule is Cc1ccc(-c2nc([C@H](CC(=O)NC3CC3)NC(=O)/C=C/c3cc(Cl)ccc3-n3cnnn3)[nH]c2Cl)cc1. The van der Waals surface area contributed by atoms with Gasteiger partial charge < -0.3 is 15.6 Å². The number of hydrogen-bond donors (Lipinski definition) is 3. The van der Waals surface area contributed by atoms with E-state index in [1.165, 1.54) is 17.1 Å². The number of nitrogens with one attached hydrogen (secondary N) is 3. The number of H-pyrrole nitrogens is 1. The molecule has 194 valence electrons. The van der Waals surface area contributed by atoms with Crippen molar-refractivity contribution in [3.63, 3.8) is 0 Å². The van der Waals surface area contributed by atoms with Gasteiger partial charge in [-0.25, -0.2) is 4.98 Å². The molecule has 0 bridgehead atoms. The molecule has 1 fully saturated rings. The van der Waals surface area contributed by atoms with Gasteiger partial charge in [-0.2, -0.15) is 4.68 Å². The first-order chi connectivity index (χ1) is 18.4. The highest BCUT2D eigenvalue weighted by Crippen LogP contribution is 2.29. The van der Waals surface area contributed by atoms with Crippen LogP contribution in [0.5, 0.6) is 0 Å². The number of carbonyl (C=O) groups is 2. The topological polar surface area (TPSA) is 130 Å². The monoisotopic (exact) mass is 550 g/mol. The van der Waals surface area contributed by atoms with E-state index in [0.717, 1.165) is 24.0 Å². The zero-order valence-electron chi connectivity index (χ0n) is 20.4. The van der Waals surface area contributed by atoms with Gasteiger partial charge in [-0.3, -0.25) is 9.59 Å². The summed E-state index contributed by atoms with van der Waals surface area (Å²) in [6.45, 7) is 1.99.